The van der Waals surface area contributed by atoms with Gasteiger partial charge in [-0.05, 0) is 33.2 Å². The van der Waals surface area contributed by atoms with Gasteiger partial charge in [-0.15, -0.1) is 0 Å². The summed E-state index contributed by atoms with van der Waals surface area (Å²) in [5, 5.41) is 3.49. The molecular weight excluding hydrogens is 190 g/mol. The predicted molar refractivity (Wildman–Crippen MR) is 60.0 cm³/mol. The second kappa shape index (κ2) is 4.66. The molecule has 0 radical (unpaired) electrons. The van der Waals surface area contributed by atoms with Crippen LogP contribution in [0.3, 0.4) is 0 Å². The van der Waals surface area contributed by atoms with Crippen LogP contribution in [0.4, 0.5) is 6.01 Å². The van der Waals surface area contributed by atoms with E-state index in [0.29, 0.717) is 12.1 Å². The number of nitrogens with one attached hydrogen (secondary N) is 1. The van der Waals surface area contributed by atoms with Crippen molar-refractivity contribution in [3.05, 3.63) is 12.5 Å². The van der Waals surface area contributed by atoms with Crippen molar-refractivity contribution in [2.45, 2.75) is 38.8 Å². The van der Waals surface area contributed by atoms with Gasteiger partial charge in [0.1, 0.15) is 6.26 Å². The van der Waals surface area contributed by atoms with Crippen LogP contribution in [0.1, 0.15) is 26.7 Å². The zero-order chi connectivity index (χ0) is 10.7. The molecule has 15 heavy (non-hydrogen) atoms. The summed E-state index contributed by atoms with van der Waals surface area (Å²) in [7, 11) is 0. The van der Waals surface area contributed by atoms with Crippen LogP contribution in [0.2, 0.25) is 0 Å². The van der Waals surface area contributed by atoms with E-state index in [1.807, 2.05) is 0 Å². The van der Waals surface area contributed by atoms with Crippen LogP contribution < -0.4 is 10.2 Å². The highest BCUT2D eigenvalue weighted by Gasteiger charge is 2.22. The molecule has 1 N–H and O–H groups in total. The molecule has 1 saturated heterocycles. The zero-order valence-corrected chi connectivity index (χ0v) is 9.44. The van der Waals surface area contributed by atoms with Crippen LogP contribution in [0.25, 0.3) is 0 Å². The van der Waals surface area contributed by atoms with E-state index in [0.717, 1.165) is 19.1 Å². The lowest BCUT2D eigenvalue weighted by atomic mass is 10.2. The molecule has 1 unspecified atom stereocenters. The first-order valence-electron chi connectivity index (χ1n) is 5.67. The number of oxazole rings is 1. The summed E-state index contributed by atoms with van der Waals surface area (Å²) in [5.74, 6) is 0. The van der Waals surface area contributed by atoms with Gasteiger partial charge in [0.15, 0.2) is 0 Å². The Balaban J connectivity index is 2.00. The lowest BCUT2D eigenvalue weighted by molar-refractivity contribution is 0.480. The van der Waals surface area contributed by atoms with Crippen molar-refractivity contribution in [1.82, 2.24) is 10.3 Å². The van der Waals surface area contributed by atoms with Crippen LogP contribution in [0, 0.1) is 0 Å². The summed E-state index contributed by atoms with van der Waals surface area (Å²) in [6, 6.07) is 1.74. The maximum atomic E-state index is 5.35. The van der Waals surface area contributed by atoms with Crippen LogP contribution in [-0.2, 0) is 0 Å². The molecule has 1 aromatic rings. The summed E-state index contributed by atoms with van der Waals surface area (Å²) in [6.07, 6.45) is 5.87. The highest BCUT2D eigenvalue weighted by molar-refractivity contribution is 5.26. The molecule has 1 aliphatic rings. The van der Waals surface area contributed by atoms with E-state index in [1.165, 1.54) is 12.8 Å². The smallest absolute Gasteiger partial charge is 0.297 e. The fraction of sp³-hybridized carbons (Fsp3) is 0.727. The monoisotopic (exact) mass is 209 g/mol. The normalized spacial score (nSPS) is 21.1. The van der Waals surface area contributed by atoms with E-state index in [-0.39, 0.29) is 0 Å². The summed E-state index contributed by atoms with van der Waals surface area (Å²) in [6.45, 7) is 6.46. The Kier molecular flexibility index (Phi) is 3.26. The molecule has 2 rings (SSSR count). The Bertz CT molecular complexity index is 278. The number of hydrogen-bond acceptors (Lipinski definition) is 4. The molecule has 1 aromatic heterocycles. The topological polar surface area (TPSA) is 41.3 Å². The second-order valence-corrected chi connectivity index (χ2v) is 4.35. The first kappa shape index (κ1) is 10.5. The molecule has 4 nitrogen and oxygen atoms in total. The van der Waals surface area contributed by atoms with Gasteiger partial charge in [-0.2, -0.15) is 0 Å². The van der Waals surface area contributed by atoms with Crippen molar-refractivity contribution in [2.24, 2.45) is 0 Å². The molecule has 1 fully saturated rings. The maximum Gasteiger partial charge on any atom is 0.297 e. The minimum atomic E-state index is 0.422. The molecule has 1 atom stereocenters. The molecule has 0 saturated carbocycles. The first-order chi connectivity index (χ1) is 7.27. The minimum absolute atomic E-state index is 0.422. The highest BCUT2D eigenvalue weighted by Crippen LogP contribution is 2.16. The van der Waals surface area contributed by atoms with Crippen molar-refractivity contribution < 1.29 is 4.42 Å². The molecule has 0 bridgehead atoms. The number of hydrogen-bond donors (Lipinski definition) is 1. The first-order valence-corrected chi connectivity index (χ1v) is 5.67. The SMILES string of the molecule is CC(C)N(CC1CCCN1)c1ncco1. The van der Waals surface area contributed by atoms with E-state index >= 15 is 0 Å². The third-order valence-electron chi connectivity index (χ3n) is 2.87. The Hall–Kier alpha value is -1.03. The van der Waals surface area contributed by atoms with Gasteiger partial charge < -0.3 is 14.6 Å². The molecule has 84 valence electrons. The van der Waals surface area contributed by atoms with Crippen LogP contribution in [0.5, 0.6) is 0 Å². The van der Waals surface area contributed by atoms with Crippen molar-refractivity contribution in [1.29, 1.82) is 0 Å². The zero-order valence-electron chi connectivity index (χ0n) is 9.44. The average Bonchev–Trinajstić information content (AvgIpc) is 2.87. The number of rotatable bonds is 4. The fourth-order valence-corrected chi connectivity index (χ4v) is 2.02. The van der Waals surface area contributed by atoms with Crippen LogP contribution in [0.15, 0.2) is 16.9 Å². The van der Waals surface area contributed by atoms with Crippen molar-refractivity contribution in [2.75, 3.05) is 18.0 Å². The van der Waals surface area contributed by atoms with Crippen LogP contribution in [-0.4, -0.2) is 30.2 Å². The molecule has 0 amide bonds. The third kappa shape index (κ3) is 2.50. The largest absolute Gasteiger partial charge is 0.432 e. The van der Waals surface area contributed by atoms with Gasteiger partial charge in [-0.1, -0.05) is 0 Å². The fourth-order valence-electron chi connectivity index (χ4n) is 2.02. The van der Waals surface area contributed by atoms with Gasteiger partial charge in [0.05, 0.1) is 6.20 Å². The molecule has 2 heterocycles. The Morgan fingerprint density at radius 2 is 2.53 bits per heavy atom. The average molecular weight is 209 g/mol. The summed E-state index contributed by atoms with van der Waals surface area (Å²) in [5.41, 5.74) is 0. The number of anilines is 1. The lowest BCUT2D eigenvalue weighted by Gasteiger charge is -2.27. The van der Waals surface area contributed by atoms with Gasteiger partial charge >= 0.3 is 0 Å². The molecule has 0 spiro atoms. The van der Waals surface area contributed by atoms with Crippen LogP contribution >= 0.6 is 0 Å². The molecule has 1 aliphatic heterocycles. The van der Waals surface area contributed by atoms with E-state index in [1.54, 1.807) is 12.5 Å². The van der Waals surface area contributed by atoms with E-state index in [4.69, 9.17) is 4.42 Å². The van der Waals surface area contributed by atoms with Gasteiger partial charge in [-0.3, -0.25) is 0 Å². The van der Waals surface area contributed by atoms with Gasteiger partial charge in [-0.25, -0.2) is 4.98 Å². The van der Waals surface area contributed by atoms with E-state index < -0.39 is 0 Å². The van der Waals surface area contributed by atoms with Gasteiger partial charge in [0.2, 0.25) is 0 Å². The Morgan fingerprint density at radius 1 is 1.67 bits per heavy atom. The summed E-state index contributed by atoms with van der Waals surface area (Å²) in [4.78, 5) is 6.42. The second-order valence-electron chi connectivity index (χ2n) is 4.35. The lowest BCUT2D eigenvalue weighted by Crippen LogP contribution is -2.41. The standard InChI is InChI=1S/C11H19N3O/c1-9(2)14(11-13-6-7-15-11)8-10-4-3-5-12-10/h6-7,9-10,12H,3-5,8H2,1-2H3. The third-order valence-corrected chi connectivity index (χ3v) is 2.87. The quantitative estimate of drug-likeness (QED) is 0.818. The minimum Gasteiger partial charge on any atom is -0.432 e. The van der Waals surface area contributed by atoms with E-state index in [2.05, 4.69) is 29.0 Å². The van der Waals surface area contributed by atoms with Gasteiger partial charge in [0.25, 0.3) is 6.01 Å². The molecule has 4 heteroatoms. The van der Waals surface area contributed by atoms with E-state index in [9.17, 15) is 0 Å². The highest BCUT2D eigenvalue weighted by atomic mass is 16.4. The van der Waals surface area contributed by atoms with Crippen molar-refractivity contribution in [3.63, 3.8) is 0 Å². The van der Waals surface area contributed by atoms with Gasteiger partial charge in [0, 0.05) is 18.6 Å². The maximum absolute atomic E-state index is 5.35. The summed E-state index contributed by atoms with van der Waals surface area (Å²) >= 11 is 0. The molecule has 0 aliphatic carbocycles. The summed E-state index contributed by atoms with van der Waals surface area (Å²) < 4.78 is 5.35. The number of nitrogens with zero attached hydrogens (tertiary/aromatic N) is 2. The molecular formula is C11H19N3O. The predicted octanol–water partition coefficient (Wildman–Crippen LogP) is 1.64. The van der Waals surface area contributed by atoms with Crippen molar-refractivity contribution in [3.8, 4) is 0 Å². The Morgan fingerprint density at radius 3 is 3.07 bits per heavy atom. The van der Waals surface area contributed by atoms with Crippen molar-refractivity contribution >= 4 is 6.01 Å². The Labute approximate surface area is 90.7 Å². The number of aromatic nitrogens is 1. The molecule has 0 aromatic carbocycles.